The van der Waals surface area contributed by atoms with Crippen LogP contribution in [-0.2, 0) is 30.0 Å². The van der Waals surface area contributed by atoms with Crippen LogP contribution < -0.4 is 20.9 Å². The zero-order valence-electron chi connectivity index (χ0n) is 21.6. The molecule has 4 rings (SSSR count). The Kier molecular flexibility index (Phi) is 9.02. The zero-order valence-corrected chi connectivity index (χ0v) is 22.5. The molecular formula is C26H29FN3O9P. The van der Waals surface area contributed by atoms with Crippen LogP contribution in [0.2, 0.25) is 0 Å². The Hall–Kier alpha value is -3.61. The van der Waals surface area contributed by atoms with E-state index in [0.717, 1.165) is 29.3 Å². The number of rotatable bonds is 11. The fourth-order valence-corrected chi connectivity index (χ4v) is 5.49. The maximum absolute atomic E-state index is 15.5. The van der Waals surface area contributed by atoms with Crippen LogP contribution in [0.3, 0.4) is 0 Å². The number of para-hydroxylation sites is 1. The second-order valence-corrected chi connectivity index (χ2v) is 11.0. The normalized spacial score (nSPS) is 24.6. The Morgan fingerprint density at radius 1 is 1.18 bits per heavy atom. The molecule has 2 heterocycles. The van der Waals surface area contributed by atoms with Crippen LogP contribution in [0.1, 0.15) is 25.6 Å². The highest BCUT2D eigenvalue weighted by Crippen LogP contribution is 2.47. The SMILES string of the molecule is C[C@H](NP(=O)(OC[C@H]1OC(n2ccc(=O)[nH]c2=O)[C@](C)(F)[C@@H]1O)Oc1ccccc1)C(=O)OCc1ccccc1. The number of alkyl halides is 1. The highest BCUT2D eigenvalue weighted by molar-refractivity contribution is 7.52. The molecule has 0 amide bonds. The van der Waals surface area contributed by atoms with E-state index in [1.54, 1.807) is 42.5 Å². The van der Waals surface area contributed by atoms with Crippen molar-refractivity contribution >= 4 is 13.7 Å². The minimum Gasteiger partial charge on any atom is -0.460 e. The molecule has 40 heavy (non-hydrogen) atoms. The largest absolute Gasteiger partial charge is 0.460 e. The molecule has 0 radical (unpaired) electrons. The lowest BCUT2D eigenvalue weighted by molar-refractivity contribution is -0.146. The smallest absolute Gasteiger partial charge is 0.459 e. The third kappa shape index (κ3) is 6.93. The summed E-state index contributed by atoms with van der Waals surface area (Å²) in [5.41, 5.74) is -3.39. The van der Waals surface area contributed by atoms with E-state index >= 15 is 4.39 Å². The van der Waals surface area contributed by atoms with Crippen molar-refractivity contribution in [3.8, 4) is 5.75 Å². The quantitative estimate of drug-likeness (QED) is 0.228. The predicted octanol–water partition coefficient (Wildman–Crippen LogP) is 2.45. The topological polar surface area (TPSA) is 158 Å². The van der Waals surface area contributed by atoms with Gasteiger partial charge in [0.1, 0.15) is 30.6 Å². The number of aromatic amines is 1. The van der Waals surface area contributed by atoms with Gasteiger partial charge in [-0.1, -0.05) is 48.5 Å². The molecule has 2 aromatic carbocycles. The van der Waals surface area contributed by atoms with Gasteiger partial charge in [-0.3, -0.25) is 23.7 Å². The summed E-state index contributed by atoms with van der Waals surface area (Å²) in [6, 6.07) is 16.8. The lowest BCUT2D eigenvalue weighted by atomic mass is 9.98. The minimum atomic E-state index is -4.36. The van der Waals surface area contributed by atoms with Gasteiger partial charge < -0.3 is 19.1 Å². The van der Waals surface area contributed by atoms with Crippen molar-refractivity contribution in [2.75, 3.05) is 6.61 Å². The Morgan fingerprint density at radius 2 is 1.82 bits per heavy atom. The molecule has 1 aromatic heterocycles. The van der Waals surface area contributed by atoms with E-state index in [9.17, 15) is 24.1 Å². The van der Waals surface area contributed by atoms with E-state index in [-0.39, 0.29) is 12.4 Å². The van der Waals surface area contributed by atoms with Gasteiger partial charge in [0.15, 0.2) is 11.9 Å². The van der Waals surface area contributed by atoms with Gasteiger partial charge >= 0.3 is 19.4 Å². The summed E-state index contributed by atoms with van der Waals surface area (Å²) in [5.74, 6) is -0.598. The van der Waals surface area contributed by atoms with Crippen molar-refractivity contribution in [3.05, 3.63) is 99.3 Å². The van der Waals surface area contributed by atoms with E-state index in [4.69, 9.17) is 18.5 Å². The molecule has 6 atom stereocenters. The number of ether oxygens (including phenoxy) is 2. The molecule has 0 spiro atoms. The van der Waals surface area contributed by atoms with Gasteiger partial charge in [-0.05, 0) is 31.5 Å². The third-order valence-corrected chi connectivity index (χ3v) is 7.77. The van der Waals surface area contributed by atoms with E-state index in [2.05, 4.69) is 5.09 Å². The van der Waals surface area contributed by atoms with Crippen molar-refractivity contribution in [2.24, 2.45) is 0 Å². The lowest BCUT2D eigenvalue weighted by Crippen LogP contribution is -2.43. The predicted molar refractivity (Wildman–Crippen MR) is 140 cm³/mol. The van der Waals surface area contributed by atoms with Crippen LogP contribution in [0.15, 0.2) is 82.5 Å². The number of aliphatic hydroxyl groups is 1. The van der Waals surface area contributed by atoms with Crippen LogP contribution >= 0.6 is 7.75 Å². The van der Waals surface area contributed by atoms with E-state index in [1.807, 2.05) is 11.1 Å². The Balaban J connectivity index is 1.48. The molecule has 1 aliphatic heterocycles. The number of hydrogen-bond acceptors (Lipinski definition) is 9. The molecule has 3 aromatic rings. The lowest BCUT2D eigenvalue weighted by Gasteiger charge is -2.25. The monoisotopic (exact) mass is 577 g/mol. The van der Waals surface area contributed by atoms with Gasteiger partial charge in [0.2, 0.25) is 0 Å². The summed E-state index contributed by atoms with van der Waals surface area (Å²) in [7, 11) is -4.36. The van der Waals surface area contributed by atoms with E-state index in [0.29, 0.717) is 0 Å². The highest BCUT2D eigenvalue weighted by Gasteiger charge is 2.55. The Labute approximate surface area is 228 Å². The van der Waals surface area contributed by atoms with Crippen LogP contribution in [0, 0.1) is 0 Å². The highest BCUT2D eigenvalue weighted by atomic mass is 31.2. The molecule has 0 bridgehead atoms. The van der Waals surface area contributed by atoms with Crippen LogP contribution in [0.5, 0.6) is 5.75 Å². The Morgan fingerprint density at radius 3 is 2.48 bits per heavy atom. The number of esters is 1. The number of carbonyl (C=O) groups is 1. The summed E-state index contributed by atoms with van der Waals surface area (Å²) in [6.07, 6.45) is -3.83. The zero-order chi connectivity index (χ0) is 28.9. The molecule has 214 valence electrons. The fraction of sp³-hybridized carbons (Fsp3) is 0.346. The number of benzene rings is 2. The number of H-pyrrole nitrogens is 1. The van der Waals surface area contributed by atoms with Crippen molar-refractivity contribution in [1.29, 1.82) is 0 Å². The van der Waals surface area contributed by atoms with Crippen LogP contribution in [0.25, 0.3) is 0 Å². The maximum Gasteiger partial charge on any atom is 0.459 e. The Bertz CT molecular complexity index is 1470. The van der Waals surface area contributed by atoms with Gasteiger partial charge in [0.05, 0.1) is 6.61 Å². The summed E-state index contributed by atoms with van der Waals surface area (Å²) in [4.78, 5) is 38.2. The third-order valence-electron chi connectivity index (χ3n) is 6.13. The molecule has 1 aliphatic rings. The summed E-state index contributed by atoms with van der Waals surface area (Å²) < 4.78 is 52.0. The molecule has 3 N–H and O–H groups in total. The molecule has 1 saturated heterocycles. The first-order valence-corrected chi connectivity index (χ1v) is 13.8. The standard InChI is InChI=1S/C26H29FN3O9P/c1-17(23(33)36-15-18-9-5-3-6-10-18)29-40(35,39-19-11-7-4-8-12-19)37-16-20-22(32)26(2,27)24(38-20)30-14-13-21(31)28-25(30)34/h3-14,17,20,22,24,32H,15-16H2,1-2H3,(H,29,35)(H,28,31,34)/t17-,20+,22+,24?,26+,40?/m0/s1. The van der Waals surface area contributed by atoms with Gasteiger partial charge in [-0.15, -0.1) is 0 Å². The number of nitrogens with zero attached hydrogens (tertiary/aromatic N) is 1. The fourth-order valence-electron chi connectivity index (χ4n) is 3.99. The molecule has 14 heteroatoms. The van der Waals surface area contributed by atoms with Crippen LogP contribution in [-0.4, -0.2) is 51.2 Å². The molecular weight excluding hydrogens is 548 g/mol. The van der Waals surface area contributed by atoms with Crippen molar-refractivity contribution < 1.29 is 37.4 Å². The average molecular weight is 578 g/mol. The first kappa shape index (κ1) is 29.4. The number of aromatic nitrogens is 2. The van der Waals surface area contributed by atoms with Gasteiger partial charge in [-0.2, -0.15) is 5.09 Å². The van der Waals surface area contributed by atoms with Crippen molar-refractivity contribution in [3.63, 3.8) is 0 Å². The number of nitrogens with one attached hydrogen (secondary N) is 2. The first-order valence-electron chi connectivity index (χ1n) is 12.3. The molecule has 12 nitrogen and oxygen atoms in total. The molecule has 0 aliphatic carbocycles. The summed E-state index contributed by atoms with van der Waals surface area (Å²) >= 11 is 0. The minimum absolute atomic E-state index is 0.0148. The summed E-state index contributed by atoms with van der Waals surface area (Å²) in [5, 5.41) is 13.1. The van der Waals surface area contributed by atoms with Gasteiger partial charge in [0.25, 0.3) is 5.56 Å². The maximum atomic E-state index is 15.5. The van der Waals surface area contributed by atoms with Crippen molar-refractivity contribution in [2.45, 2.75) is 50.6 Å². The number of carbonyl (C=O) groups excluding carboxylic acids is 1. The molecule has 2 unspecified atom stereocenters. The molecule has 0 saturated carbocycles. The second-order valence-electron chi connectivity index (χ2n) is 9.28. The second kappa shape index (κ2) is 12.3. The average Bonchev–Trinajstić information content (AvgIpc) is 3.15. The number of aliphatic hydroxyl groups excluding tert-OH is 1. The molecule has 1 fully saturated rings. The van der Waals surface area contributed by atoms with Gasteiger partial charge in [0, 0.05) is 12.3 Å². The number of halogens is 1. The van der Waals surface area contributed by atoms with Crippen molar-refractivity contribution in [1.82, 2.24) is 14.6 Å². The summed E-state index contributed by atoms with van der Waals surface area (Å²) in [6.45, 7) is 1.75. The van der Waals surface area contributed by atoms with E-state index in [1.165, 1.54) is 19.1 Å². The number of hydrogen-bond donors (Lipinski definition) is 3. The van der Waals surface area contributed by atoms with Crippen LogP contribution in [0.4, 0.5) is 4.39 Å². The first-order chi connectivity index (χ1) is 19.0. The van der Waals surface area contributed by atoms with Gasteiger partial charge in [-0.25, -0.2) is 13.8 Å². The van der Waals surface area contributed by atoms with E-state index < -0.39 is 61.7 Å².